The molecule has 0 aliphatic carbocycles. The van der Waals surface area contributed by atoms with Crippen molar-refractivity contribution in [2.45, 2.75) is 20.0 Å². The number of hydrogen-bond acceptors (Lipinski definition) is 5. The van der Waals surface area contributed by atoms with Crippen LogP contribution in [0, 0.1) is 0 Å². The molecule has 0 unspecified atom stereocenters. The zero-order valence-corrected chi connectivity index (χ0v) is 16.7. The molecule has 4 aromatic rings. The molecular weight excluding hydrogens is 408 g/mol. The monoisotopic (exact) mass is 426 g/mol. The van der Waals surface area contributed by atoms with E-state index in [1.54, 1.807) is 47.0 Å². The van der Waals surface area contributed by atoms with Crippen LogP contribution in [0.4, 0.5) is 16.2 Å². The number of amides is 2. The van der Waals surface area contributed by atoms with E-state index in [4.69, 9.17) is 0 Å². The van der Waals surface area contributed by atoms with Crippen LogP contribution < -0.4 is 26.9 Å². The summed E-state index contributed by atoms with van der Waals surface area (Å²) in [5.41, 5.74) is 2.71. The number of aryl methyl sites for hydroxylation is 1. The van der Waals surface area contributed by atoms with Gasteiger partial charge in [0.25, 0.3) is 0 Å². The Kier molecular flexibility index (Phi) is 5.11. The number of carbonyl (C=O) groups excluding carboxylic acids is 1. The van der Waals surface area contributed by atoms with Crippen molar-refractivity contribution in [3.8, 4) is 0 Å². The molecule has 0 aliphatic rings. The van der Waals surface area contributed by atoms with E-state index in [0.29, 0.717) is 23.4 Å². The van der Waals surface area contributed by atoms with Crippen molar-refractivity contribution in [3.05, 3.63) is 78.7 Å². The molecule has 4 N–H and O–H groups in total. The number of H-pyrrole nitrogens is 2. The number of anilines is 2. The van der Waals surface area contributed by atoms with Gasteiger partial charge in [-0.2, -0.15) is 0 Å². The molecular formula is C19H18N6O4S. The second-order valence-electron chi connectivity index (χ2n) is 6.53. The van der Waals surface area contributed by atoms with E-state index in [9.17, 15) is 19.2 Å². The first kappa shape index (κ1) is 19.5. The van der Waals surface area contributed by atoms with Crippen LogP contribution in [0.2, 0.25) is 0 Å². The molecule has 0 saturated heterocycles. The number of urea groups is 1. The highest BCUT2D eigenvalue weighted by molar-refractivity contribution is 7.03. The highest BCUT2D eigenvalue weighted by atomic mass is 32.1. The number of benzene rings is 2. The van der Waals surface area contributed by atoms with Gasteiger partial charge in [0.05, 0.1) is 17.6 Å². The fourth-order valence-electron chi connectivity index (χ4n) is 3.13. The van der Waals surface area contributed by atoms with Gasteiger partial charge in [-0.25, -0.2) is 18.3 Å². The maximum Gasteiger partial charge on any atom is 0.338 e. The van der Waals surface area contributed by atoms with Gasteiger partial charge in [-0.3, -0.25) is 14.3 Å². The molecule has 2 heterocycles. The number of hydrogen-bond donors (Lipinski definition) is 4. The second kappa shape index (κ2) is 7.87. The number of nitrogens with one attached hydrogen (secondary N) is 4. The summed E-state index contributed by atoms with van der Waals surface area (Å²) in [6.07, 6.45) is 0. The summed E-state index contributed by atoms with van der Waals surface area (Å²) >= 11 is 0.819. The molecule has 0 atom stereocenters. The van der Waals surface area contributed by atoms with E-state index in [1.807, 2.05) is 6.92 Å². The van der Waals surface area contributed by atoms with E-state index >= 15 is 0 Å². The van der Waals surface area contributed by atoms with Gasteiger partial charge < -0.3 is 15.6 Å². The highest BCUT2D eigenvalue weighted by Gasteiger charge is 2.08. The Bertz CT molecular complexity index is 1390. The van der Waals surface area contributed by atoms with E-state index in [-0.39, 0.29) is 12.2 Å². The summed E-state index contributed by atoms with van der Waals surface area (Å²) in [6.45, 7) is 2.71. The van der Waals surface area contributed by atoms with Crippen molar-refractivity contribution in [3.63, 3.8) is 0 Å². The minimum absolute atomic E-state index is 0.191. The first-order valence-electron chi connectivity index (χ1n) is 9.13. The summed E-state index contributed by atoms with van der Waals surface area (Å²) in [7, 11) is 0. The Balaban J connectivity index is 1.42. The van der Waals surface area contributed by atoms with Crippen LogP contribution in [0.25, 0.3) is 11.0 Å². The van der Waals surface area contributed by atoms with Gasteiger partial charge in [0.15, 0.2) is 0 Å². The molecule has 11 heteroatoms. The zero-order valence-electron chi connectivity index (χ0n) is 15.9. The van der Waals surface area contributed by atoms with Crippen LogP contribution in [-0.4, -0.2) is 24.5 Å². The topological polar surface area (TPSA) is 134 Å². The maximum absolute atomic E-state index is 12.3. The van der Waals surface area contributed by atoms with Crippen LogP contribution in [0.15, 0.2) is 56.8 Å². The lowest BCUT2D eigenvalue weighted by Gasteiger charge is -2.09. The fourth-order valence-corrected chi connectivity index (χ4v) is 3.80. The number of fused-ring (bicyclic) bond motifs is 1. The van der Waals surface area contributed by atoms with E-state index in [2.05, 4.69) is 20.6 Å². The summed E-state index contributed by atoms with van der Waals surface area (Å²) < 4.78 is 2.94. The Hall–Kier alpha value is -3.86. The molecule has 0 fully saturated rings. The van der Waals surface area contributed by atoms with Gasteiger partial charge in [0.1, 0.15) is 0 Å². The minimum Gasteiger partial charge on any atom is -0.308 e. The lowest BCUT2D eigenvalue weighted by atomic mass is 10.2. The van der Waals surface area contributed by atoms with Gasteiger partial charge in [0.2, 0.25) is 0 Å². The lowest BCUT2D eigenvalue weighted by Crippen LogP contribution is -2.19. The summed E-state index contributed by atoms with van der Waals surface area (Å²) in [4.78, 5) is 51.5. The molecule has 10 nitrogen and oxygen atoms in total. The Morgan fingerprint density at radius 3 is 2.33 bits per heavy atom. The first-order valence-corrected chi connectivity index (χ1v) is 9.90. The fraction of sp³-hybridized carbons (Fsp3) is 0.158. The third-order valence-electron chi connectivity index (χ3n) is 4.51. The molecule has 0 saturated carbocycles. The number of aromatic nitrogens is 4. The average molecular weight is 426 g/mol. The SMILES string of the molecule is CCn1c(=O)[nH]c2cc(NC(=O)Nc3ccc(Cn4sc(=O)[nH]c4=O)cc3)ccc21. The standard InChI is InChI=1S/C19H18N6O4S/c1-2-24-15-8-7-13(9-14(15)22-17(24)27)21-16(26)20-12-5-3-11(4-6-12)10-25-18(28)23-19(29)30-25/h3-9H,2,10H2,1H3,(H,22,27)(H2,20,21,26)(H,23,28,29). The summed E-state index contributed by atoms with van der Waals surface area (Å²) in [5.74, 6) is 0. The number of rotatable bonds is 5. The highest BCUT2D eigenvalue weighted by Crippen LogP contribution is 2.17. The molecule has 2 aromatic carbocycles. The van der Waals surface area contributed by atoms with Crippen LogP contribution in [0.1, 0.15) is 12.5 Å². The van der Waals surface area contributed by atoms with Crippen molar-refractivity contribution in [1.29, 1.82) is 0 Å². The van der Waals surface area contributed by atoms with Gasteiger partial charge in [-0.1, -0.05) is 12.1 Å². The molecule has 154 valence electrons. The quantitative estimate of drug-likeness (QED) is 0.388. The van der Waals surface area contributed by atoms with Gasteiger partial charge in [-0.15, -0.1) is 0 Å². The predicted molar refractivity (Wildman–Crippen MR) is 116 cm³/mol. The van der Waals surface area contributed by atoms with Gasteiger partial charge >= 0.3 is 22.3 Å². The van der Waals surface area contributed by atoms with Crippen molar-refractivity contribution < 1.29 is 4.79 Å². The van der Waals surface area contributed by atoms with Crippen LogP contribution in [-0.2, 0) is 13.1 Å². The van der Waals surface area contributed by atoms with E-state index in [0.717, 1.165) is 22.6 Å². The molecule has 0 bridgehead atoms. The summed E-state index contributed by atoms with van der Waals surface area (Å²) in [5, 5.41) is 5.45. The first-order chi connectivity index (χ1) is 14.4. The second-order valence-corrected chi connectivity index (χ2v) is 7.52. The smallest absolute Gasteiger partial charge is 0.308 e. The van der Waals surface area contributed by atoms with E-state index < -0.39 is 16.6 Å². The Labute approximate surface area is 173 Å². The van der Waals surface area contributed by atoms with Crippen molar-refractivity contribution in [2.75, 3.05) is 10.6 Å². The van der Waals surface area contributed by atoms with E-state index in [1.165, 1.54) is 3.96 Å². The zero-order chi connectivity index (χ0) is 21.3. The van der Waals surface area contributed by atoms with Gasteiger partial charge in [-0.05, 0) is 42.8 Å². The van der Waals surface area contributed by atoms with Gasteiger partial charge in [0, 0.05) is 29.5 Å². The minimum atomic E-state index is -0.445. The number of imidazole rings is 1. The Morgan fingerprint density at radius 2 is 1.67 bits per heavy atom. The van der Waals surface area contributed by atoms with Crippen molar-refractivity contribution in [1.82, 2.24) is 18.5 Å². The predicted octanol–water partition coefficient (Wildman–Crippen LogP) is 1.95. The number of nitrogens with zero attached hydrogens (tertiary/aromatic N) is 2. The van der Waals surface area contributed by atoms with Crippen molar-refractivity contribution in [2.24, 2.45) is 0 Å². The Morgan fingerprint density at radius 1 is 0.967 bits per heavy atom. The lowest BCUT2D eigenvalue weighted by molar-refractivity contribution is 0.262. The molecule has 30 heavy (non-hydrogen) atoms. The largest absolute Gasteiger partial charge is 0.338 e. The molecule has 4 rings (SSSR count). The van der Waals surface area contributed by atoms with Crippen LogP contribution in [0.5, 0.6) is 0 Å². The normalized spacial score (nSPS) is 11.0. The third kappa shape index (κ3) is 3.96. The summed E-state index contributed by atoms with van der Waals surface area (Å²) in [6, 6.07) is 11.7. The van der Waals surface area contributed by atoms with Crippen LogP contribution in [0.3, 0.4) is 0 Å². The van der Waals surface area contributed by atoms with Crippen LogP contribution >= 0.6 is 11.5 Å². The average Bonchev–Trinajstić information content (AvgIpc) is 3.19. The molecule has 0 aliphatic heterocycles. The third-order valence-corrected chi connectivity index (χ3v) is 5.30. The molecule has 2 amide bonds. The number of aromatic amines is 2. The molecule has 0 spiro atoms. The molecule has 2 aromatic heterocycles. The van der Waals surface area contributed by atoms with Crippen molar-refractivity contribution >= 4 is 40.0 Å². The maximum atomic E-state index is 12.3. The molecule has 0 radical (unpaired) electrons. The number of carbonyl (C=O) groups is 1.